The van der Waals surface area contributed by atoms with Gasteiger partial charge in [-0.2, -0.15) is 0 Å². The van der Waals surface area contributed by atoms with Crippen LogP contribution in [-0.2, 0) is 6.54 Å². The van der Waals surface area contributed by atoms with Gasteiger partial charge < -0.3 is 5.43 Å². The molecule has 114 valence electrons. The van der Waals surface area contributed by atoms with Crippen LogP contribution in [0.25, 0.3) is 0 Å². The second kappa shape index (κ2) is 5.99. The van der Waals surface area contributed by atoms with Gasteiger partial charge in [-0.15, -0.1) is 0 Å². The summed E-state index contributed by atoms with van der Waals surface area (Å²) in [6.07, 6.45) is 6.53. The summed E-state index contributed by atoms with van der Waals surface area (Å²) in [5.74, 6) is 6.16. The van der Waals surface area contributed by atoms with E-state index in [2.05, 4.69) is 10.3 Å². The fourth-order valence-corrected chi connectivity index (χ4v) is 3.94. The van der Waals surface area contributed by atoms with Gasteiger partial charge in [0, 0.05) is 18.7 Å². The molecule has 1 saturated carbocycles. The molecule has 1 aromatic rings. The molecule has 3 N–H and O–H groups in total. The highest BCUT2D eigenvalue weighted by Crippen LogP contribution is 2.37. The first kappa shape index (κ1) is 14.3. The van der Waals surface area contributed by atoms with Crippen molar-refractivity contribution in [2.45, 2.75) is 44.7 Å². The first-order chi connectivity index (χ1) is 10.2. The molecule has 6 nitrogen and oxygen atoms in total. The van der Waals surface area contributed by atoms with Crippen LogP contribution in [0.5, 0.6) is 0 Å². The van der Waals surface area contributed by atoms with E-state index >= 15 is 0 Å². The van der Waals surface area contributed by atoms with Crippen LogP contribution in [0, 0.1) is 16.0 Å². The zero-order valence-electron chi connectivity index (χ0n) is 12.1. The Balaban J connectivity index is 1.78. The van der Waals surface area contributed by atoms with E-state index in [4.69, 9.17) is 5.84 Å². The molecule has 3 rings (SSSR count). The standard InChI is InChI=1S/C15H22N4O2/c16-17-13-7-6-11(9-15(13)19(20)21)10-18-8-2-4-12-3-1-5-14(12)18/h6-7,9,12,14,17H,1-5,8,10,16H2. The van der Waals surface area contributed by atoms with Crippen LogP contribution in [0.15, 0.2) is 18.2 Å². The summed E-state index contributed by atoms with van der Waals surface area (Å²) in [6, 6.07) is 5.95. The van der Waals surface area contributed by atoms with Crippen LogP contribution in [0.2, 0.25) is 0 Å². The molecule has 0 aromatic heterocycles. The van der Waals surface area contributed by atoms with Crippen LogP contribution in [0.3, 0.4) is 0 Å². The lowest BCUT2D eigenvalue weighted by atomic mass is 9.91. The van der Waals surface area contributed by atoms with Gasteiger partial charge in [0.05, 0.1) is 4.92 Å². The number of anilines is 1. The number of benzene rings is 1. The molecule has 6 heteroatoms. The van der Waals surface area contributed by atoms with Crippen molar-refractivity contribution >= 4 is 11.4 Å². The van der Waals surface area contributed by atoms with Gasteiger partial charge >= 0.3 is 0 Å². The smallest absolute Gasteiger partial charge is 0.293 e. The minimum Gasteiger partial charge on any atom is -0.318 e. The van der Waals surface area contributed by atoms with Crippen LogP contribution >= 0.6 is 0 Å². The molecule has 1 heterocycles. The number of nitrogens with zero attached hydrogens (tertiary/aromatic N) is 2. The number of fused-ring (bicyclic) bond motifs is 1. The Morgan fingerprint density at radius 3 is 2.90 bits per heavy atom. The highest BCUT2D eigenvalue weighted by Gasteiger charge is 2.34. The largest absolute Gasteiger partial charge is 0.318 e. The van der Waals surface area contributed by atoms with Crippen molar-refractivity contribution in [2.75, 3.05) is 12.0 Å². The Morgan fingerprint density at radius 2 is 2.14 bits per heavy atom. The third-order valence-electron chi connectivity index (χ3n) is 4.91. The fourth-order valence-electron chi connectivity index (χ4n) is 3.94. The number of nitrogens with one attached hydrogen (secondary N) is 1. The fraction of sp³-hybridized carbons (Fsp3) is 0.600. The van der Waals surface area contributed by atoms with E-state index in [0.29, 0.717) is 11.7 Å². The second-order valence-corrected chi connectivity index (χ2v) is 6.12. The number of nitrogens with two attached hydrogens (primary N) is 1. The molecular weight excluding hydrogens is 268 g/mol. The molecule has 0 amide bonds. The Bertz CT molecular complexity index is 534. The Labute approximate surface area is 124 Å². The average molecular weight is 290 g/mol. The molecule has 0 radical (unpaired) electrons. The molecule has 21 heavy (non-hydrogen) atoms. The van der Waals surface area contributed by atoms with E-state index in [1.165, 1.54) is 32.1 Å². The highest BCUT2D eigenvalue weighted by molar-refractivity contribution is 5.61. The zero-order chi connectivity index (χ0) is 14.8. The van der Waals surface area contributed by atoms with Crippen molar-refractivity contribution in [1.29, 1.82) is 0 Å². The minimum absolute atomic E-state index is 0.0509. The third kappa shape index (κ3) is 2.87. The minimum atomic E-state index is -0.382. The number of piperidine rings is 1. The molecule has 0 spiro atoms. The summed E-state index contributed by atoms with van der Waals surface area (Å²) in [5, 5.41) is 11.1. The van der Waals surface area contributed by atoms with Gasteiger partial charge in [0.1, 0.15) is 5.69 Å². The molecule has 2 unspecified atom stereocenters. The molecule has 2 atom stereocenters. The van der Waals surface area contributed by atoms with Crippen molar-refractivity contribution in [3.8, 4) is 0 Å². The number of likely N-dealkylation sites (tertiary alicyclic amines) is 1. The highest BCUT2D eigenvalue weighted by atomic mass is 16.6. The summed E-state index contributed by atoms with van der Waals surface area (Å²) in [5.41, 5.74) is 3.80. The number of nitrogen functional groups attached to an aromatic ring is 1. The van der Waals surface area contributed by atoms with Gasteiger partial charge in [-0.1, -0.05) is 12.5 Å². The van der Waals surface area contributed by atoms with Gasteiger partial charge in [0.25, 0.3) is 5.69 Å². The monoisotopic (exact) mass is 290 g/mol. The quantitative estimate of drug-likeness (QED) is 0.506. The predicted octanol–water partition coefficient (Wildman–Crippen LogP) is 2.64. The second-order valence-electron chi connectivity index (χ2n) is 6.12. The number of hydrazine groups is 1. The normalized spacial score (nSPS) is 25.6. The number of hydrogen-bond donors (Lipinski definition) is 2. The molecule has 1 aliphatic carbocycles. The molecule has 1 aromatic carbocycles. The average Bonchev–Trinajstić information content (AvgIpc) is 2.96. The Kier molecular flexibility index (Phi) is 4.07. The predicted molar refractivity (Wildman–Crippen MR) is 81.7 cm³/mol. The van der Waals surface area contributed by atoms with Crippen molar-refractivity contribution in [3.63, 3.8) is 0 Å². The topological polar surface area (TPSA) is 84.4 Å². The van der Waals surface area contributed by atoms with E-state index < -0.39 is 0 Å². The zero-order valence-corrected chi connectivity index (χ0v) is 12.1. The number of rotatable bonds is 4. The number of nitro groups is 1. The molecular formula is C15H22N4O2. The lowest BCUT2D eigenvalue weighted by molar-refractivity contribution is -0.384. The molecule has 2 fully saturated rings. The van der Waals surface area contributed by atoms with E-state index in [1.807, 2.05) is 6.07 Å². The van der Waals surface area contributed by atoms with Crippen molar-refractivity contribution < 1.29 is 4.92 Å². The number of nitro benzene ring substituents is 1. The number of hydrogen-bond acceptors (Lipinski definition) is 5. The van der Waals surface area contributed by atoms with Crippen LogP contribution in [0.4, 0.5) is 11.4 Å². The van der Waals surface area contributed by atoms with Crippen molar-refractivity contribution in [1.82, 2.24) is 4.90 Å². The van der Waals surface area contributed by atoms with E-state index in [1.54, 1.807) is 12.1 Å². The summed E-state index contributed by atoms with van der Waals surface area (Å²) < 4.78 is 0. The van der Waals surface area contributed by atoms with Crippen LogP contribution < -0.4 is 11.3 Å². The Hall–Kier alpha value is -1.66. The maximum Gasteiger partial charge on any atom is 0.293 e. The van der Waals surface area contributed by atoms with Crippen molar-refractivity contribution in [2.24, 2.45) is 11.8 Å². The first-order valence-corrected chi connectivity index (χ1v) is 7.67. The van der Waals surface area contributed by atoms with E-state index in [0.717, 1.165) is 24.6 Å². The van der Waals surface area contributed by atoms with E-state index in [-0.39, 0.29) is 10.6 Å². The molecule has 1 aliphatic heterocycles. The lowest BCUT2D eigenvalue weighted by Crippen LogP contribution is -2.41. The summed E-state index contributed by atoms with van der Waals surface area (Å²) >= 11 is 0. The molecule has 0 bridgehead atoms. The van der Waals surface area contributed by atoms with Gasteiger partial charge in [-0.05, 0) is 49.8 Å². The SMILES string of the molecule is NNc1ccc(CN2CCCC3CCCC32)cc1[N+](=O)[O-]. The summed E-state index contributed by atoms with van der Waals surface area (Å²) in [6.45, 7) is 1.90. The molecule has 2 aliphatic rings. The third-order valence-corrected chi connectivity index (χ3v) is 4.91. The van der Waals surface area contributed by atoms with Crippen molar-refractivity contribution in [3.05, 3.63) is 33.9 Å². The molecule has 1 saturated heterocycles. The van der Waals surface area contributed by atoms with Crippen LogP contribution in [0.1, 0.15) is 37.7 Å². The van der Waals surface area contributed by atoms with Crippen LogP contribution in [-0.4, -0.2) is 22.4 Å². The maximum atomic E-state index is 11.1. The summed E-state index contributed by atoms with van der Waals surface area (Å²) in [7, 11) is 0. The van der Waals surface area contributed by atoms with Gasteiger partial charge in [-0.25, -0.2) is 0 Å². The lowest BCUT2D eigenvalue weighted by Gasteiger charge is -2.37. The van der Waals surface area contributed by atoms with E-state index in [9.17, 15) is 10.1 Å². The maximum absolute atomic E-state index is 11.1. The van der Waals surface area contributed by atoms with Gasteiger partial charge in [-0.3, -0.25) is 20.9 Å². The summed E-state index contributed by atoms with van der Waals surface area (Å²) in [4.78, 5) is 13.2. The van der Waals surface area contributed by atoms with Gasteiger partial charge in [0.2, 0.25) is 0 Å². The first-order valence-electron chi connectivity index (χ1n) is 7.67. The Morgan fingerprint density at radius 1 is 1.33 bits per heavy atom. The van der Waals surface area contributed by atoms with Gasteiger partial charge in [0.15, 0.2) is 0 Å².